The number of phosphoric acid groups is 1. The van der Waals surface area contributed by atoms with Crippen molar-refractivity contribution in [1.82, 2.24) is 0 Å². The summed E-state index contributed by atoms with van der Waals surface area (Å²) < 4.78 is 19.8. The van der Waals surface area contributed by atoms with Crippen molar-refractivity contribution in [3.63, 3.8) is 0 Å². The van der Waals surface area contributed by atoms with Crippen LogP contribution in [-0.4, -0.2) is 29.8 Å². The minimum absolute atomic E-state index is 0.181. The molecule has 12 heavy (non-hydrogen) atoms. The molecule has 0 bridgehead atoms. The average Bonchev–Trinajstić information content (AvgIpc) is 2.01. The molecule has 0 aromatic rings. The second-order valence-electron chi connectivity index (χ2n) is 2.21. The first-order chi connectivity index (χ1) is 5.62. The minimum Gasteiger partial charge on any atom is -0.394 e. The molecular formula is C6H15O5P. The van der Waals surface area contributed by atoms with Crippen LogP contribution < -0.4 is 0 Å². The van der Waals surface area contributed by atoms with E-state index in [0.717, 1.165) is 6.42 Å². The van der Waals surface area contributed by atoms with Gasteiger partial charge in [0, 0.05) is 0 Å². The van der Waals surface area contributed by atoms with E-state index in [1.165, 1.54) is 0 Å². The van der Waals surface area contributed by atoms with Crippen LogP contribution in [0.25, 0.3) is 0 Å². The highest BCUT2D eigenvalue weighted by Crippen LogP contribution is 2.42. The maximum absolute atomic E-state index is 10.8. The van der Waals surface area contributed by atoms with E-state index in [1.807, 2.05) is 6.92 Å². The van der Waals surface area contributed by atoms with E-state index in [1.54, 1.807) is 0 Å². The van der Waals surface area contributed by atoms with Crippen LogP contribution in [0.4, 0.5) is 0 Å². The van der Waals surface area contributed by atoms with Gasteiger partial charge in [-0.3, -0.25) is 9.05 Å². The smallest absolute Gasteiger partial charge is 0.394 e. The van der Waals surface area contributed by atoms with E-state index in [4.69, 9.17) is 10.00 Å². The van der Waals surface area contributed by atoms with Gasteiger partial charge in [-0.25, -0.2) is 4.57 Å². The number of unbranched alkanes of at least 4 members (excludes halogenated alkanes) is 1. The maximum Gasteiger partial charge on any atom is 0.472 e. The van der Waals surface area contributed by atoms with Crippen LogP contribution in [0.1, 0.15) is 19.8 Å². The predicted molar refractivity (Wildman–Crippen MR) is 43.7 cm³/mol. The van der Waals surface area contributed by atoms with Gasteiger partial charge in [-0.2, -0.15) is 0 Å². The Kier molecular flexibility index (Phi) is 6.61. The summed E-state index contributed by atoms with van der Waals surface area (Å²) >= 11 is 0. The quantitative estimate of drug-likeness (QED) is 0.469. The Balaban J connectivity index is 3.49. The molecule has 0 aliphatic carbocycles. The van der Waals surface area contributed by atoms with Crippen LogP contribution >= 0.6 is 7.82 Å². The third kappa shape index (κ3) is 6.76. The number of phosphoric ester groups is 1. The van der Waals surface area contributed by atoms with Gasteiger partial charge in [0.05, 0.1) is 19.8 Å². The van der Waals surface area contributed by atoms with Gasteiger partial charge >= 0.3 is 7.82 Å². The molecule has 0 radical (unpaired) electrons. The third-order valence-electron chi connectivity index (χ3n) is 1.10. The summed E-state index contributed by atoms with van der Waals surface area (Å²) in [6, 6.07) is 0. The Hall–Kier alpha value is 0.0700. The lowest BCUT2D eigenvalue weighted by Gasteiger charge is -2.10. The van der Waals surface area contributed by atoms with E-state index in [-0.39, 0.29) is 19.8 Å². The predicted octanol–water partition coefficient (Wildman–Crippen LogP) is 0.912. The van der Waals surface area contributed by atoms with Gasteiger partial charge in [0.25, 0.3) is 0 Å². The Morgan fingerprint density at radius 3 is 2.42 bits per heavy atom. The molecule has 1 unspecified atom stereocenters. The molecule has 0 aliphatic rings. The fourth-order valence-electron chi connectivity index (χ4n) is 0.518. The minimum atomic E-state index is -3.90. The molecule has 2 N–H and O–H groups in total. The van der Waals surface area contributed by atoms with E-state index in [9.17, 15) is 4.57 Å². The van der Waals surface area contributed by atoms with Crippen molar-refractivity contribution in [1.29, 1.82) is 0 Å². The highest BCUT2D eigenvalue weighted by atomic mass is 31.2. The SMILES string of the molecule is CCCCOP(=O)(O)OCCO. The highest BCUT2D eigenvalue weighted by Gasteiger charge is 2.19. The highest BCUT2D eigenvalue weighted by molar-refractivity contribution is 7.47. The molecule has 0 saturated carbocycles. The van der Waals surface area contributed by atoms with Crippen molar-refractivity contribution in [3.8, 4) is 0 Å². The standard InChI is InChI=1S/C6H15O5P/c1-2-3-5-10-12(8,9)11-6-4-7/h7H,2-6H2,1H3,(H,8,9). The summed E-state index contributed by atoms with van der Waals surface area (Å²) in [6.45, 7) is 1.68. The van der Waals surface area contributed by atoms with Crippen LogP contribution in [0.15, 0.2) is 0 Å². The van der Waals surface area contributed by atoms with Gasteiger partial charge in [-0.15, -0.1) is 0 Å². The molecular weight excluding hydrogens is 183 g/mol. The summed E-state index contributed by atoms with van der Waals surface area (Å²) in [4.78, 5) is 8.87. The number of hydrogen-bond donors (Lipinski definition) is 2. The molecule has 0 heterocycles. The molecule has 74 valence electrons. The van der Waals surface area contributed by atoms with Crippen LogP contribution in [0.5, 0.6) is 0 Å². The summed E-state index contributed by atoms with van der Waals surface area (Å²) in [5.41, 5.74) is 0. The fraction of sp³-hybridized carbons (Fsp3) is 1.00. The Morgan fingerprint density at radius 2 is 1.92 bits per heavy atom. The molecule has 6 heteroatoms. The normalized spacial score (nSPS) is 15.9. The number of hydrogen-bond acceptors (Lipinski definition) is 4. The lowest BCUT2D eigenvalue weighted by molar-refractivity contribution is 0.122. The molecule has 0 amide bonds. The summed E-state index contributed by atoms with van der Waals surface area (Å²) in [7, 11) is -3.90. The van der Waals surface area contributed by atoms with Gasteiger partial charge in [-0.1, -0.05) is 13.3 Å². The van der Waals surface area contributed by atoms with Crippen LogP contribution in [0.3, 0.4) is 0 Å². The number of rotatable bonds is 7. The Labute approximate surface area is 71.9 Å². The first kappa shape index (κ1) is 12.1. The second-order valence-corrected chi connectivity index (χ2v) is 3.67. The molecule has 5 nitrogen and oxygen atoms in total. The van der Waals surface area contributed by atoms with Gasteiger partial charge in [0.2, 0.25) is 0 Å². The molecule has 0 saturated heterocycles. The van der Waals surface area contributed by atoms with Crippen molar-refractivity contribution >= 4 is 7.82 Å². The van der Waals surface area contributed by atoms with Crippen molar-refractivity contribution in [2.75, 3.05) is 19.8 Å². The monoisotopic (exact) mass is 198 g/mol. The largest absolute Gasteiger partial charge is 0.472 e. The zero-order valence-electron chi connectivity index (χ0n) is 7.10. The molecule has 0 aromatic heterocycles. The fourth-order valence-corrected chi connectivity index (χ4v) is 1.26. The van der Waals surface area contributed by atoms with Crippen molar-refractivity contribution in [2.24, 2.45) is 0 Å². The van der Waals surface area contributed by atoms with Gasteiger partial charge in [0.15, 0.2) is 0 Å². The van der Waals surface area contributed by atoms with Crippen LogP contribution in [0, 0.1) is 0 Å². The summed E-state index contributed by atoms with van der Waals surface area (Å²) in [5.74, 6) is 0. The van der Waals surface area contributed by atoms with Gasteiger partial charge < -0.3 is 10.00 Å². The summed E-state index contributed by atoms with van der Waals surface area (Å²) in [5, 5.41) is 8.29. The lowest BCUT2D eigenvalue weighted by Crippen LogP contribution is -2.00. The Morgan fingerprint density at radius 1 is 1.33 bits per heavy atom. The summed E-state index contributed by atoms with van der Waals surface area (Å²) in [6.07, 6.45) is 1.60. The molecule has 0 spiro atoms. The van der Waals surface area contributed by atoms with Gasteiger partial charge in [0.1, 0.15) is 0 Å². The molecule has 0 aliphatic heterocycles. The van der Waals surface area contributed by atoms with E-state index < -0.39 is 7.82 Å². The molecule has 0 aromatic carbocycles. The average molecular weight is 198 g/mol. The first-order valence-corrected chi connectivity index (χ1v) is 5.34. The zero-order valence-corrected chi connectivity index (χ0v) is 8.00. The van der Waals surface area contributed by atoms with E-state index >= 15 is 0 Å². The third-order valence-corrected chi connectivity index (χ3v) is 2.12. The lowest BCUT2D eigenvalue weighted by atomic mass is 10.4. The number of aliphatic hydroxyl groups is 1. The van der Waals surface area contributed by atoms with Crippen molar-refractivity contribution < 1.29 is 23.6 Å². The van der Waals surface area contributed by atoms with E-state index in [2.05, 4.69) is 9.05 Å². The Bertz CT molecular complexity index is 149. The number of aliphatic hydroxyl groups excluding tert-OH is 1. The van der Waals surface area contributed by atoms with Crippen molar-refractivity contribution in [3.05, 3.63) is 0 Å². The maximum atomic E-state index is 10.8. The topological polar surface area (TPSA) is 76.0 Å². The molecule has 0 fully saturated rings. The zero-order chi connectivity index (χ0) is 9.45. The second kappa shape index (κ2) is 6.57. The van der Waals surface area contributed by atoms with E-state index in [0.29, 0.717) is 6.42 Å². The van der Waals surface area contributed by atoms with Crippen LogP contribution in [0.2, 0.25) is 0 Å². The van der Waals surface area contributed by atoms with Crippen molar-refractivity contribution in [2.45, 2.75) is 19.8 Å². The molecule has 0 rings (SSSR count). The molecule has 1 atom stereocenters. The first-order valence-electron chi connectivity index (χ1n) is 3.85. The van der Waals surface area contributed by atoms with Gasteiger partial charge in [-0.05, 0) is 6.42 Å². The van der Waals surface area contributed by atoms with Crippen LogP contribution in [-0.2, 0) is 13.6 Å².